The van der Waals surface area contributed by atoms with E-state index in [1.165, 1.54) is 0 Å². The van der Waals surface area contributed by atoms with Gasteiger partial charge in [0.05, 0.1) is 0 Å². The Bertz CT molecular complexity index is 185. The van der Waals surface area contributed by atoms with Crippen molar-refractivity contribution < 1.29 is 1370 Å². The number of rotatable bonds is 0. The fraction of sp³-hybridized carbons (Fsp3) is 0.333. The van der Waals surface area contributed by atoms with Gasteiger partial charge in [0.1, 0.15) is 0 Å². The standard InChI is InChI=1S/C3H2O6.41Y/c4-1-2(5)9-3(6,7)8-1;;;;;;;;;;;;;;;;;;;;;;;;;;;;;;;;;;;;;;;;;/h6-7H;;;;;;;;;;;;;;;;;;;;;;;;;;;;;;;;;;;;;;;;;. The molecule has 0 amide bonds. The van der Waals surface area contributed by atoms with E-state index in [1.807, 2.05) is 0 Å². The molecule has 0 aliphatic carbocycles. The van der Waals surface area contributed by atoms with Crippen molar-refractivity contribution in [1.29, 1.82) is 0 Å². The van der Waals surface area contributed by atoms with E-state index in [2.05, 4.69) is 9.47 Å². The van der Waals surface area contributed by atoms with E-state index < -0.39 is 18.1 Å². The molecule has 50 heavy (non-hydrogen) atoms. The summed E-state index contributed by atoms with van der Waals surface area (Å²) in [5.74, 6) is -2.83. The van der Waals surface area contributed by atoms with Gasteiger partial charge < -0.3 is 9.47 Å². The Morgan fingerprint density at radius 3 is 0.300 bits per heavy atom. The van der Waals surface area contributed by atoms with Gasteiger partial charge in [-0.15, -0.1) is 0 Å². The summed E-state index contributed by atoms with van der Waals surface area (Å²) in [5, 5.41) is 16.4. The minimum absolute atomic E-state index is 0. The Morgan fingerprint density at radius 2 is 0.280 bits per heavy atom. The SMILES string of the molecule is O=C1OC(O)(O)OC1=O.[Y].[Y].[Y].[Y].[Y].[Y].[Y].[Y].[Y].[Y].[Y].[Y].[Y].[Y].[Y].[Y].[Y].[Y].[Y].[Y].[Y].[Y].[Y].[Y].[Y].[Y].[Y].[Y].[Y].[Y].[Y].[Y].[Y].[Y].[Y].[Y].[Y].[Y].[Y].[Y].[Y]. The molecule has 41 radical (unpaired) electrons. The van der Waals surface area contributed by atoms with Crippen molar-refractivity contribution in [3.05, 3.63) is 0 Å². The molecule has 0 aromatic carbocycles. The normalized spacial score (nSPS) is 4.20. The Balaban J connectivity index is -0.000000000507. The maximum atomic E-state index is 9.97. The second-order valence-electron chi connectivity index (χ2n) is 1.33. The first kappa shape index (κ1) is 289. The van der Waals surface area contributed by atoms with Crippen molar-refractivity contribution in [2.75, 3.05) is 0 Å². The molecule has 1 fully saturated rings. The van der Waals surface area contributed by atoms with Crippen molar-refractivity contribution in [2.45, 2.75) is 6.16 Å². The summed E-state index contributed by atoms with van der Waals surface area (Å²) in [4.78, 5) is 19.9. The maximum Gasteiger partial charge on any atom is 0.509 e. The number of cyclic esters (lactones) is 2. The molecule has 0 aromatic rings. The topological polar surface area (TPSA) is 93.1 Å². The fourth-order valence-corrected chi connectivity index (χ4v) is 0.346. The molecule has 173 valence electrons. The van der Waals surface area contributed by atoms with Gasteiger partial charge in [0, 0.05) is 1340 Å². The summed E-state index contributed by atoms with van der Waals surface area (Å²) in [6.45, 7) is 0. The Hall–Kier alpha value is 44.1. The van der Waals surface area contributed by atoms with Gasteiger partial charge in [0.25, 0.3) is 0 Å². The zero-order chi connectivity index (χ0) is 7.07. The predicted molar refractivity (Wildman–Crippen MR) is 19.4 cm³/mol. The minimum atomic E-state index is -3.06. The molecule has 0 bridgehead atoms. The van der Waals surface area contributed by atoms with Crippen LogP contribution in [0.4, 0.5) is 0 Å². The van der Waals surface area contributed by atoms with E-state index in [1.54, 1.807) is 0 Å². The van der Waals surface area contributed by atoms with Crippen molar-refractivity contribution in [3.63, 3.8) is 0 Å². The van der Waals surface area contributed by atoms with Gasteiger partial charge in [-0.05, 0) is 0 Å². The van der Waals surface area contributed by atoms with E-state index in [4.69, 9.17) is 10.2 Å². The second-order valence-corrected chi connectivity index (χ2v) is 1.33. The van der Waals surface area contributed by atoms with Crippen LogP contribution in [0.2, 0.25) is 0 Å². The molecular formula is C3H2O6Y41. The molecule has 6 nitrogen and oxygen atoms in total. The first-order chi connectivity index (χ1) is 4.01. The molecule has 0 atom stereocenters. The van der Waals surface area contributed by atoms with Gasteiger partial charge in [-0.1, -0.05) is 0 Å². The van der Waals surface area contributed by atoms with Crippen molar-refractivity contribution >= 4 is 11.9 Å². The predicted octanol–water partition coefficient (Wildman–Crippen LogP) is -2.42. The van der Waals surface area contributed by atoms with Gasteiger partial charge in [0.2, 0.25) is 0 Å². The number of ether oxygens (including phenoxy) is 2. The number of esters is 2. The number of carbonyl (C=O) groups excluding carboxylic acids is 2. The van der Waals surface area contributed by atoms with Gasteiger partial charge >= 0.3 is 18.1 Å². The Kier molecular flexibility index (Phi) is 1350. The Morgan fingerprint density at radius 1 is 0.220 bits per heavy atom. The third kappa shape index (κ3) is 226. The average molecular weight is 3780 g/mol. The zero-order valence-corrected chi connectivity index (χ0v) is 144. The van der Waals surface area contributed by atoms with E-state index in [0.29, 0.717) is 0 Å². The molecule has 1 saturated heterocycles. The third-order valence-corrected chi connectivity index (χ3v) is 0.618. The smallest absolute Gasteiger partial charge is 0.365 e. The first-order valence-corrected chi connectivity index (χ1v) is 1.92. The summed E-state index contributed by atoms with van der Waals surface area (Å²) in [7, 11) is 0. The van der Waals surface area contributed by atoms with E-state index in [9.17, 15) is 9.59 Å². The molecule has 0 spiro atoms. The fourth-order valence-electron chi connectivity index (χ4n) is 0.346. The van der Waals surface area contributed by atoms with Crippen LogP contribution in [0, 0.1) is 0 Å². The van der Waals surface area contributed by atoms with Gasteiger partial charge in [-0.3, -0.25) is 10.2 Å². The summed E-state index contributed by atoms with van der Waals surface area (Å²) < 4.78 is 7.12. The number of hydrogen-bond donors (Lipinski definition) is 2. The number of carbonyl (C=O) groups is 2. The molecule has 2 N–H and O–H groups in total. The molecule has 0 unspecified atom stereocenters. The summed E-state index contributed by atoms with van der Waals surface area (Å²) in [6.07, 6.45) is -3.06. The van der Waals surface area contributed by atoms with Crippen molar-refractivity contribution in [1.82, 2.24) is 0 Å². The van der Waals surface area contributed by atoms with Crippen LogP contribution in [-0.4, -0.2) is 28.3 Å². The molecule has 47 heteroatoms. The first-order valence-electron chi connectivity index (χ1n) is 1.92. The minimum Gasteiger partial charge on any atom is -0.365 e. The molecule has 1 aliphatic heterocycles. The van der Waals surface area contributed by atoms with E-state index in [-0.39, 0.29) is 1340 Å². The summed E-state index contributed by atoms with van der Waals surface area (Å²) in [6, 6.07) is 0. The van der Waals surface area contributed by atoms with Crippen LogP contribution in [0.15, 0.2) is 0 Å². The average Bonchev–Trinajstić information content (AvgIpc) is 1.79. The van der Waals surface area contributed by atoms with Gasteiger partial charge in [0.15, 0.2) is 0 Å². The molecule has 0 aromatic heterocycles. The van der Waals surface area contributed by atoms with Gasteiger partial charge in [-0.2, -0.15) is 0 Å². The maximum absolute atomic E-state index is 9.97. The largest absolute Gasteiger partial charge is 0.509 e. The van der Waals surface area contributed by atoms with Crippen LogP contribution in [-0.2, 0) is 1360 Å². The zero-order valence-electron chi connectivity index (χ0n) is 27.7. The molecule has 1 heterocycles. The number of aliphatic hydroxyl groups is 2. The molecule has 1 rings (SSSR count). The Labute approximate surface area is 1340 Å². The quantitative estimate of drug-likeness (QED) is 0.160. The summed E-state index contributed by atoms with van der Waals surface area (Å²) >= 11 is 0. The van der Waals surface area contributed by atoms with Crippen LogP contribution in [0.1, 0.15) is 0 Å². The van der Waals surface area contributed by atoms with Crippen LogP contribution in [0.3, 0.4) is 0 Å². The molecular weight excluding hydrogens is 3780 g/mol. The van der Waals surface area contributed by atoms with Crippen LogP contribution in [0.25, 0.3) is 0 Å². The van der Waals surface area contributed by atoms with E-state index in [0.717, 1.165) is 0 Å². The monoisotopic (exact) mass is 3780 g/mol. The third-order valence-electron chi connectivity index (χ3n) is 0.618. The number of hydrogen-bond acceptors (Lipinski definition) is 6. The molecule has 0 saturated carbocycles. The van der Waals surface area contributed by atoms with Gasteiger partial charge in [-0.25, -0.2) is 9.59 Å². The van der Waals surface area contributed by atoms with Crippen LogP contribution in [0.5, 0.6) is 0 Å². The molecule has 1 aliphatic rings. The second kappa shape index (κ2) is 234. The van der Waals surface area contributed by atoms with Crippen molar-refractivity contribution in [2.24, 2.45) is 0 Å². The van der Waals surface area contributed by atoms with Crippen LogP contribution < -0.4 is 0 Å². The van der Waals surface area contributed by atoms with Crippen LogP contribution >= 0.6 is 0 Å². The van der Waals surface area contributed by atoms with Crippen molar-refractivity contribution in [3.8, 4) is 0 Å². The van der Waals surface area contributed by atoms with E-state index >= 15 is 0 Å². The summed E-state index contributed by atoms with van der Waals surface area (Å²) in [5.41, 5.74) is 0.